The fraction of sp³-hybridized carbons (Fsp3) is 0.333. The van der Waals surface area contributed by atoms with Gasteiger partial charge in [-0.05, 0) is 23.6 Å². The van der Waals surface area contributed by atoms with Crippen LogP contribution in [0, 0.1) is 0 Å². The lowest BCUT2D eigenvalue weighted by Gasteiger charge is -2.07. The molecule has 0 aliphatic carbocycles. The van der Waals surface area contributed by atoms with E-state index in [-0.39, 0.29) is 6.61 Å². The Morgan fingerprint density at radius 2 is 1.94 bits per heavy atom. The third kappa shape index (κ3) is 1.97. The molecule has 16 heavy (non-hydrogen) atoms. The molecular formula is C12H15N3O. The van der Waals surface area contributed by atoms with Crippen LogP contribution in [0.1, 0.15) is 31.0 Å². The average molecular weight is 217 g/mol. The zero-order valence-electron chi connectivity index (χ0n) is 9.46. The lowest BCUT2D eigenvalue weighted by molar-refractivity contribution is 0.273. The van der Waals surface area contributed by atoms with Gasteiger partial charge >= 0.3 is 0 Å². The molecule has 84 valence electrons. The predicted molar refractivity (Wildman–Crippen MR) is 61.4 cm³/mol. The van der Waals surface area contributed by atoms with E-state index in [0.29, 0.717) is 11.6 Å². The van der Waals surface area contributed by atoms with Crippen LogP contribution < -0.4 is 0 Å². The Morgan fingerprint density at radius 1 is 1.25 bits per heavy atom. The molecule has 0 atom stereocenters. The minimum atomic E-state index is -0.0566. The number of hydrogen-bond acceptors (Lipinski definition) is 3. The van der Waals surface area contributed by atoms with E-state index in [4.69, 9.17) is 5.11 Å². The SMILES string of the molecule is CC(C)c1ccc(-n2nncc2CO)cc1. The molecule has 0 saturated carbocycles. The molecule has 4 nitrogen and oxygen atoms in total. The summed E-state index contributed by atoms with van der Waals surface area (Å²) in [6.45, 7) is 4.26. The molecule has 0 saturated heterocycles. The largest absolute Gasteiger partial charge is 0.390 e. The van der Waals surface area contributed by atoms with E-state index in [0.717, 1.165) is 5.69 Å². The Balaban J connectivity index is 2.35. The molecule has 1 heterocycles. The van der Waals surface area contributed by atoms with Gasteiger partial charge < -0.3 is 5.11 Å². The average Bonchev–Trinajstić information content (AvgIpc) is 2.77. The molecule has 0 bridgehead atoms. The van der Waals surface area contributed by atoms with Crippen molar-refractivity contribution in [1.29, 1.82) is 0 Å². The standard InChI is InChI=1S/C12H15N3O/c1-9(2)10-3-5-11(6-4-10)15-12(8-16)7-13-14-15/h3-7,9,16H,8H2,1-2H3. The third-order valence-electron chi connectivity index (χ3n) is 2.59. The Bertz CT molecular complexity index is 459. The van der Waals surface area contributed by atoms with Gasteiger partial charge in [0.1, 0.15) is 0 Å². The normalized spacial score (nSPS) is 11.0. The second-order valence-electron chi connectivity index (χ2n) is 4.04. The van der Waals surface area contributed by atoms with Crippen molar-refractivity contribution in [1.82, 2.24) is 15.0 Å². The van der Waals surface area contributed by atoms with Gasteiger partial charge in [-0.2, -0.15) is 0 Å². The van der Waals surface area contributed by atoms with Gasteiger partial charge in [0.2, 0.25) is 0 Å². The zero-order valence-corrected chi connectivity index (χ0v) is 9.46. The summed E-state index contributed by atoms with van der Waals surface area (Å²) in [6.07, 6.45) is 1.57. The summed E-state index contributed by atoms with van der Waals surface area (Å²) in [4.78, 5) is 0. The van der Waals surface area contributed by atoms with Gasteiger partial charge in [-0.25, -0.2) is 4.68 Å². The van der Waals surface area contributed by atoms with E-state index < -0.39 is 0 Å². The van der Waals surface area contributed by atoms with Crippen molar-refractivity contribution in [3.63, 3.8) is 0 Å². The summed E-state index contributed by atoms with van der Waals surface area (Å²) in [5, 5.41) is 16.8. The van der Waals surface area contributed by atoms with E-state index in [2.05, 4.69) is 36.3 Å². The van der Waals surface area contributed by atoms with Crippen molar-refractivity contribution in [3.05, 3.63) is 41.7 Å². The van der Waals surface area contributed by atoms with Crippen molar-refractivity contribution in [2.24, 2.45) is 0 Å². The lowest BCUT2D eigenvalue weighted by atomic mass is 10.0. The number of benzene rings is 1. The van der Waals surface area contributed by atoms with Crippen molar-refractivity contribution >= 4 is 0 Å². The minimum absolute atomic E-state index is 0.0566. The first-order valence-electron chi connectivity index (χ1n) is 5.33. The van der Waals surface area contributed by atoms with Crippen LogP contribution in [0.5, 0.6) is 0 Å². The third-order valence-corrected chi connectivity index (χ3v) is 2.59. The Labute approximate surface area is 94.5 Å². The van der Waals surface area contributed by atoms with Crippen LogP contribution in [0.3, 0.4) is 0 Å². The predicted octanol–water partition coefficient (Wildman–Crippen LogP) is 1.88. The summed E-state index contributed by atoms with van der Waals surface area (Å²) < 4.78 is 1.64. The molecule has 2 rings (SSSR count). The van der Waals surface area contributed by atoms with E-state index in [9.17, 15) is 0 Å². The van der Waals surface area contributed by atoms with Crippen molar-refractivity contribution < 1.29 is 5.11 Å². The van der Waals surface area contributed by atoms with Gasteiger partial charge in [0.15, 0.2) is 0 Å². The maximum Gasteiger partial charge on any atom is 0.0900 e. The molecule has 1 N–H and O–H groups in total. The Kier molecular flexibility index (Phi) is 3.01. The molecule has 0 amide bonds. The van der Waals surface area contributed by atoms with Gasteiger partial charge in [-0.1, -0.05) is 31.2 Å². The van der Waals surface area contributed by atoms with Gasteiger partial charge in [0.05, 0.1) is 24.2 Å². The van der Waals surface area contributed by atoms with E-state index >= 15 is 0 Å². The molecule has 0 fully saturated rings. The van der Waals surface area contributed by atoms with E-state index in [1.165, 1.54) is 5.56 Å². The summed E-state index contributed by atoms with van der Waals surface area (Å²) in [5.41, 5.74) is 2.90. The van der Waals surface area contributed by atoms with Crippen molar-refractivity contribution in [2.45, 2.75) is 26.4 Å². The minimum Gasteiger partial charge on any atom is -0.390 e. The van der Waals surface area contributed by atoms with Gasteiger partial charge in [0, 0.05) is 0 Å². The Hall–Kier alpha value is -1.68. The van der Waals surface area contributed by atoms with Crippen LogP contribution in [-0.2, 0) is 6.61 Å². The highest BCUT2D eigenvalue weighted by molar-refractivity contribution is 5.35. The van der Waals surface area contributed by atoms with Crippen LogP contribution >= 0.6 is 0 Å². The lowest BCUT2D eigenvalue weighted by Crippen LogP contribution is -2.02. The summed E-state index contributed by atoms with van der Waals surface area (Å²) in [5.74, 6) is 0.516. The molecule has 2 aromatic rings. The van der Waals surface area contributed by atoms with Gasteiger partial charge in [-0.3, -0.25) is 0 Å². The molecular weight excluding hydrogens is 202 g/mol. The summed E-state index contributed by atoms with van der Waals surface area (Å²) in [6, 6.07) is 8.12. The van der Waals surface area contributed by atoms with Crippen LogP contribution in [0.2, 0.25) is 0 Å². The first kappa shape index (κ1) is 10.8. The highest BCUT2D eigenvalue weighted by atomic mass is 16.3. The summed E-state index contributed by atoms with van der Waals surface area (Å²) >= 11 is 0. The van der Waals surface area contributed by atoms with Gasteiger partial charge in [-0.15, -0.1) is 5.10 Å². The number of aliphatic hydroxyl groups is 1. The van der Waals surface area contributed by atoms with E-state index in [1.807, 2.05) is 12.1 Å². The molecule has 0 spiro atoms. The molecule has 1 aromatic heterocycles. The Morgan fingerprint density at radius 3 is 2.50 bits per heavy atom. The number of rotatable bonds is 3. The molecule has 0 aliphatic rings. The zero-order chi connectivity index (χ0) is 11.5. The van der Waals surface area contributed by atoms with Crippen LogP contribution in [0.15, 0.2) is 30.5 Å². The fourth-order valence-corrected chi connectivity index (χ4v) is 1.58. The molecule has 0 unspecified atom stereocenters. The number of aromatic nitrogens is 3. The first-order chi connectivity index (χ1) is 7.72. The van der Waals surface area contributed by atoms with Crippen LogP contribution in [0.4, 0.5) is 0 Å². The molecule has 4 heteroatoms. The first-order valence-corrected chi connectivity index (χ1v) is 5.33. The molecule has 0 radical (unpaired) electrons. The fourth-order valence-electron chi connectivity index (χ4n) is 1.58. The second kappa shape index (κ2) is 4.45. The second-order valence-corrected chi connectivity index (χ2v) is 4.04. The molecule has 0 aliphatic heterocycles. The highest BCUT2D eigenvalue weighted by Gasteiger charge is 2.05. The van der Waals surface area contributed by atoms with Crippen molar-refractivity contribution in [3.8, 4) is 5.69 Å². The smallest absolute Gasteiger partial charge is 0.0900 e. The summed E-state index contributed by atoms with van der Waals surface area (Å²) in [7, 11) is 0. The van der Waals surface area contributed by atoms with E-state index in [1.54, 1.807) is 10.9 Å². The van der Waals surface area contributed by atoms with Crippen molar-refractivity contribution in [2.75, 3.05) is 0 Å². The molecule has 1 aromatic carbocycles. The van der Waals surface area contributed by atoms with Crippen LogP contribution in [-0.4, -0.2) is 20.1 Å². The number of hydrogen-bond donors (Lipinski definition) is 1. The number of nitrogens with zero attached hydrogens (tertiary/aromatic N) is 3. The maximum atomic E-state index is 9.11. The maximum absolute atomic E-state index is 9.11. The number of aliphatic hydroxyl groups excluding tert-OH is 1. The van der Waals surface area contributed by atoms with Crippen LogP contribution in [0.25, 0.3) is 5.69 Å². The monoisotopic (exact) mass is 217 g/mol. The quantitative estimate of drug-likeness (QED) is 0.854. The highest BCUT2D eigenvalue weighted by Crippen LogP contribution is 2.17. The van der Waals surface area contributed by atoms with Gasteiger partial charge in [0.25, 0.3) is 0 Å². The topological polar surface area (TPSA) is 50.9 Å².